The van der Waals surface area contributed by atoms with E-state index >= 15 is 0 Å². The monoisotopic (exact) mass is 496 g/mol. The highest BCUT2D eigenvalue weighted by Crippen LogP contribution is 2.30. The molecule has 166 valence electrons. The van der Waals surface area contributed by atoms with Crippen molar-refractivity contribution in [3.63, 3.8) is 0 Å². The van der Waals surface area contributed by atoms with Gasteiger partial charge in [-0.15, -0.1) is 0 Å². The number of rotatable bonds is 9. The number of hydrogen-bond donors (Lipinski definition) is 1. The van der Waals surface area contributed by atoms with Gasteiger partial charge in [0, 0.05) is 23.3 Å². The summed E-state index contributed by atoms with van der Waals surface area (Å²) in [7, 11) is 1.51. The minimum atomic E-state index is -2.97. The summed E-state index contributed by atoms with van der Waals surface area (Å²) in [5.74, 6) is -0.664. The van der Waals surface area contributed by atoms with E-state index in [2.05, 4.69) is 26.0 Å². The van der Waals surface area contributed by atoms with Crippen LogP contribution in [-0.4, -0.2) is 43.5 Å². The zero-order valence-corrected chi connectivity index (χ0v) is 18.9. The van der Waals surface area contributed by atoms with Crippen molar-refractivity contribution in [1.29, 1.82) is 0 Å². The molecule has 2 amide bonds. The van der Waals surface area contributed by atoms with Crippen molar-refractivity contribution < 1.29 is 27.8 Å². The van der Waals surface area contributed by atoms with Crippen LogP contribution in [0.25, 0.3) is 6.08 Å². The molecule has 0 radical (unpaired) electrons. The van der Waals surface area contributed by atoms with E-state index in [-0.39, 0.29) is 30.6 Å². The first-order chi connectivity index (χ1) is 14.7. The van der Waals surface area contributed by atoms with E-state index in [0.29, 0.717) is 11.3 Å². The van der Waals surface area contributed by atoms with Crippen LogP contribution in [0.4, 0.5) is 14.5 Å². The number of carbonyl (C=O) groups excluding carboxylic acids is 2. The number of hydrogen-bond acceptors (Lipinski definition) is 4. The van der Waals surface area contributed by atoms with Crippen molar-refractivity contribution in [3.8, 4) is 11.5 Å². The first-order valence-electron chi connectivity index (χ1n) is 9.40. The summed E-state index contributed by atoms with van der Waals surface area (Å²) in [6.45, 7) is 0.745. The third kappa shape index (κ3) is 7.67. The molecule has 0 heterocycles. The lowest BCUT2D eigenvalue weighted by Gasteiger charge is -2.16. The third-order valence-corrected chi connectivity index (χ3v) is 4.61. The van der Waals surface area contributed by atoms with Gasteiger partial charge in [-0.2, -0.15) is 8.78 Å². The molecule has 9 heteroatoms. The van der Waals surface area contributed by atoms with Gasteiger partial charge in [-0.1, -0.05) is 22.0 Å². The predicted octanol–water partition coefficient (Wildman–Crippen LogP) is 4.87. The van der Waals surface area contributed by atoms with E-state index in [0.717, 1.165) is 10.0 Å². The van der Waals surface area contributed by atoms with E-state index < -0.39 is 12.5 Å². The Hall–Kier alpha value is -2.94. The molecule has 0 atom stereocenters. The molecule has 2 rings (SSSR count). The SMILES string of the molecule is CCOc1cc(/C=C/C(=O)N(C)CC(=O)Nc2ccc(Br)cc2C)ccc1OC(F)F. The van der Waals surface area contributed by atoms with E-state index in [4.69, 9.17) is 4.74 Å². The quantitative estimate of drug-likeness (QED) is 0.503. The van der Waals surface area contributed by atoms with E-state index in [9.17, 15) is 18.4 Å². The lowest BCUT2D eigenvalue weighted by Crippen LogP contribution is -2.34. The van der Waals surface area contributed by atoms with E-state index in [1.807, 2.05) is 19.1 Å². The second-order valence-corrected chi connectivity index (χ2v) is 7.47. The van der Waals surface area contributed by atoms with Crippen molar-refractivity contribution >= 4 is 39.5 Å². The average Bonchev–Trinajstić information content (AvgIpc) is 2.69. The molecule has 0 unspecified atom stereocenters. The molecule has 31 heavy (non-hydrogen) atoms. The molecule has 0 aliphatic heterocycles. The fraction of sp³-hybridized carbons (Fsp3) is 0.273. The lowest BCUT2D eigenvalue weighted by molar-refractivity contribution is -0.129. The highest BCUT2D eigenvalue weighted by atomic mass is 79.9. The van der Waals surface area contributed by atoms with Gasteiger partial charge in [0.05, 0.1) is 13.2 Å². The molecule has 0 saturated carbocycles. The molecule has 0 bridgehead atoms. The van der Waals surface area contributed by atoms with Crippen LogP contribution in [0.1, 0.15) is 18.1 Å². The zero-order valence-electron chi connectivity index (χ0n) is 17.3. The normalized spacial score (nSPS) is 10.9. The molecule has 0 aliphatic rings. The number of anilines is 1. The van der Waals surface area contributed by atoms with Gasteiger partial charge in [-0.05, 0) is 61.4 Å². The summed E-state index contributed by atoms with van der Waals surface area (Å²) < 4.78 is 35.6. The number of likely N-dealkylation sites (N-methyl/N-ethyl adjacent to an activating group) is 1. The number of amides is 2. The third-order valence-electron chi connectivity index (χ3n) is 4.12. The number of benzene rings is 2. The molecule has 0 spiro atoms. The van der Waals surface area contributed by atoms with E-state index in [1.54, 1.807) is 13.0 Å². The molecule has 1 N–H and O–H groups in total. The number of nitrogens with zero attached hydrogens (tertiary/aromatic N) is 1. The van der Waals surface area contributed by atoms with Crippen LogP contribution in [0.5, 0.6) is 11.5 Å². The van der Waals surface area contributed by atoms with Crippen molar-refractivity contribution in [2.24, 2.45) is 0 Å². The number of aryl methyl sites for hydroxylation is 1. The number of alkyl halides is 2. The molecule has 6 nitrogen and oxygen atoms in total. The lowest BCUT2D eigenvalue weighted by atomic mass is 10.2. The topological polar surface area (TPSA) is 67.9 Å². The Morgan fingerprint density at radius 3 is 2.58 bits per heavy atom. The molecule has 0 aromatic heterocycles. The summed E-state index contributed by atoms with van der Waals surface area (Å²) in [6, 6.07) is 9.83. The Balaban J connectivity index is 1.99. The van der Waals surface area contributed by atoms with Gasteiger partial charge >= 0.3 is 6.61 Å². The highest BCUT2D eigenvalue weighted by Gasteiger charge is 2.13. The van der Waals surface area contributed by atoms with Crippen LogP contribution in [0.2, 0.25) is 0 Å². The van der Waals surface area contributed by atoms with Crippen LogP contribution in [0, 0.1) is 6.92 Å². The maximum Gasteiger partial charge on any atom is 0.387 e. The molecule has 0 aliphatic carbocycles. The zero-order chi connectivity index (χ0) is 23.0. The Morgan fingerprint density at radius 2 is 1.94 bits per heavy atom. The van der Waals surface area contributed by atoms with Crippen LogP contribution < -0.4 is 14.8 Å². The van der Waals surface area contributed by atoms with Gasteiger partial charge in [0.2, 0.25) is 11.8 Å². The smallest absolute Gasteiger partial charge is 0.387 e. The standard InChI is InChI=1S/C22H23BrF2N2O4/c1-4-30-19-12-15(5-9-18(19)31-22(24)25)6-10-21(29)27(3)13-20(28)26-17-8-7-16(23)11-14(17)2/h5-12,22H,4,13H2,1-3H3,(H,26,28)/b10-6+. The van der Waals surface area contributed by atoms with Gasteiger partial charge < -0.3 is 19.7 Å². The minimum absolute atomic E-state index is 0.0858. The fourth-order valence-electron chi connectivity index (χ4n) is 2.64. The van der Waals surface area contributed by atoms with Crippen LogP contribution in [0.3, 0.4) is 0 Å². The van der Waals surface area contributed by atoms with Gasteiger partial charge in [-0.3, -0.25) is 9.59 Å². The predicted molar refractivity (Wildman–Crippen MR) is 118 cm³/mol. The molecular formula is C22H23BrF2N2O4. The average molecular weight is 497 g/mol. The maximum atomic E-state index is 12.5. The van der Waals surface area contributed by atoms with Crippen molar-refractivity contribution in [3.05, 3.63) is 58.1 Å². The largest absolute Gasteiger partial charge is 0.490 e. The minimum Gasteiger partial charge on any atom is -0.490 e. The summed E-state index contributed by atoms with van der Waals surface area (Å²) in [5, 5.41) is 2.77. The molecule has 2 aromatic rings. The summed E-state index contributed by atoms with van der Waals surface area (Å²) in [6.07, 6.45) is 2.79. The van der Waals surface area contributed by atoms with Gasteiger partial charge in [0.25, 0.3) is 0 Å². The summed E-state index contributed by atoms with van der Waals surface area (Å²) in [4.78, 5) is 25.8. The molecule has 2 aromatic carbocycles. The highest BCUT2D eigenvalue weighted by molar-refractivity contribution is 9.10. The Morgan fingerprint density at radius 1 is 1.19 bits per heavy atom. The number of nitrogens with one attached hydrogen (secondary N) is 1. The summed E-state index contributed by atoms with van der Waals surface area (Å²) in [5.41, 5.74) is 2.11. The molecule has 0 saturated heterocycles. The molecule has 0 fully saturated rings. The van der Waals surface area contributed by atoms with Crippen molar-refractivity contribution in [1.82, 2.24) is 4.90 Å². The first kappa shape index (κ1) is 24.3. The van der Waals surface area contributed by atoms with Crippen LogP contribution in [-0.2, 0) is 9.59 Å². The Labute approximate surface area is 188 Å². The number of ether oxygens (including phenoxy) is 2. The van der Waals surface area contributed by atoms with E-state index in [1.165, 1.54) is 42.3 Å². The Kier molecular flexibility index (Phi) is 8.99. The van der Waals surface area contributed by atoms with Gasteiger partial charge in [0.15, 0.2) is 11.5 Å². The van der Waals surface area contributed by atoms with Gasteiger partial charge in [0.1, 0.15) is 0 Å². The Bertz CT molecular complexity index is 967. The van der Waals surface area contributed by atoms with Crippen molar-refractivity contribution in [2.75, 3.05) is 25.5 Å². The fourth-order valence-corrected chi connectivity index (χ4v) is 3.11. The second kappa shape index (κ2) is 11.5. The first-order valence-corrected chi connectivity index (χ1v) is 10.2. The van der Waals surface area contributed by atoms with Crippen LogP contribution >= 0.6 is 15.9 Å². The second-order valence-electron chi connectivity index (χ2n) is 6.55. The van der Waals surface area contributed by atoms with Crippen molar-refractivity contribution in [2.45, 2.75) is 20.5 Å². The molecular weight excluding hydrogens is 474 g/mol. The number of carbonyl (C=O) groups is 2. The number of halogens is 3. The maximum absolute atomic E-state index is 12.5. The van der Waals surface area contributed by atoms with Gasteiger partial charge in [-0.25, -0.2) is 0 Å². The van der Waals surface area contributed by atoms with Crippen LogP contribution in [0.15, 0.2) is 46.9 Å². The summed E-state index contributed by atoms with van der Waals surface area (Å²) >= 11 is 3.36.